The van der Waals surface area contributed by atoms with Crippen molar-refractivity contribution in [2.45, 2.75) is 6.92 Å². The van der Waals surface area contributed by atoms with Crippen LogP contribution in [0.1, 0.15) is 17.3 Å². The number of pyridine rings is 1. The monoisotopic (exact) mass is 250 g/mol. The number of carbonyl (C=O) groups is 1. The van der Waals surface area contributed by atoms with Crippen molar-refractivity contribution in [3.05, 3.63) is 29.7 Å². The fourth-order valence-electron chi connectivity index (χ4n) is 1.50. The molecule has 7 heteroatoms. The van der Waals surface area contributed by atoms with E-state index in [1.807, 2.05) is 0 Å². The van der Waals surface area contributed by atoms with E-state index in [1.54, 1.807) is 6.92 Å². The van der Waals surface area contributed by atoms with E-state index in [-0.39, 0.29) is 29.4 Å². The second-order valence-electron chi connectivity index (χ2n) is 3.42. The third kappa shape index (κ3) is 2.02. The summed E-state index contributed by atoms with van der Waals surface area (Å²) in [5.41, 5.74) is 5.58. The minimum Gasteiger partial charge on any atom is -0.462 e. The number of aromatic amines is 1. The van der Waals surface area contributed by atoms with Gasteiger partial charge in [0.15, 0.2) is 5.82 Å². The number of nitrogens with zero attached hydrogens (tertiary/aromatic N) is 2. The Kier molecular flexibility index (Phi) is 3.22. The van der Waals surface area contributed by atoms with Crippen molar-refractivity contribution >= 4 is 11.8 Å². The predicted molar refractivity (Wildman–Crippen MR) is 62.1 cm³/mol. The molecule has 0 amide bonds. The van der Waals surface area contributed by atoms with Gasteiger partial charge in [-0.05, 0) is 19.1 Å². The van der Waals surface area contributed by atoms with Gasteiger partial charge in [0.25, 0.3) is 0 Å². The summed E-state index contributed by atoms with van der Waals surface area (Å²) in [6, 6.07) is 2.67. The summed E-state index contributed by atoms with van der Waals surface area (Å²) in [6.07, 6.45) is 1.40. The molecule has 3 N–H and O–H groups in total. The number of halogens is 1. The van der Waals surface area contributed by atoms with Crippen LogP contribution >= 0.6 is 0 Å². The van der Waals surface area contributed by atoms with Crippen LogP contribution in [0.25, 0.3) is 11.4 Å². The highest BCUT2D eigenvalue weighted by molar-refractivity contribution is 6.00. The van der Waals surface area contributed by atoms with Crippen molar-refractivity contribution in [2.24, 2.45) is 0 Å². The molecule has 2 heterocycles. The van der Waals surface area contributed by atoms with Crippen LogP contribution < -0.4 is 5.73 Å². The minimum absolute atomic E-state index is 0.00514. The Balaban J connectivity index is 2.53. The standard InChI is InChI=1S/C11H11FN4O2/c1-2-18-11(17)7-9(15-16-10(7)13)8-6(12)4-3-5-14-8/h3-5H,2H2,1H3,(H3,13,15,16). The van der Waals surface area contributed by atoms with Crippen molar-refractivity contribution in [1.29, 1.82) is 0 Å². The highest BCUT2D eigenvalue weighted by atomic mass is 19.1. The van der Waals surface area contributed by atoms with Crippen molar-refractivity contribution in [1.82, 2.24) is 15.2 Å². The topological polar surface area (TPSA) is 93.9 Å². The highest BCUT2D eigenvalue weighted by Gasteiger charge is 2.23. The van der Waals surface area contributed by atoms with Gasteiger partial charge in [-0.25, -0.2) is 9.18 Å². The predicted octanol–water partition coefficient (Wildman–Crippen LogP) is 1.37. The molecule has 0 aliphatic carbocycles. The first-order valence-corrected chi connectivity index (χ1v) is 5.27. The highest BCUT2D eigenvalue weighted by Crippen LogP contribution is 2.26. The Labute approximate surface area is 102 Å². The Hall–Kier alpha value is -2.44. The molecule has 0 radical (unpaired) electrons. The Morgan fingerprint density at radius 2 is 2.33 bits per heavy atom. The molecule has 2 aromatic rings. The van der Waals surface area contributed by atoms with Gasteiger partial charge in [-0.2, -0.15) is 5.10 Å². The summed E-state index contributed by atoms with van der Waals surface area (Å²) >= 11 is 0. The van der Waals surface area contributed by atoms with Gasteiger partial charge >= 0.3 is 5.97 Å². The van der Waals surface area contributed by atoms with Gasteiger partial charge in [-0.15, -0.1) is 0 Å². The molecule has 0 fully saturated rings. The third-order valence-electron chi connectivity index (χ3n) is 2.26. The zero-order chi connectivity index (χ0) is 13.1. The molecule has 18 heavy (non-hydrogen) atoms. The SMILES string of the molecule is CCOC(=O)c1c(-c2ncccc2F)n[nH]c1N. The number of anilines is 1. The van der Waals surface area contributed by atoms with E-state index in [1.165, 1.54) is 18.3 Å². The lowest BCUT2D eigenvalue weighted by Gasteiger charge is -2.03. The number of rotatable bonds is 3. The summed E-state index contributed by atoms with van der Waals surface area (Å²) in [5, 5.41) is 6.22. The first-order chi connectivity index (χ1) is 8.65. The number of nitrogen functional groups attached to an aromatic ring is 1. The first-order valence-electron chi connectivity index (χ1n) is 5.27. The van der Waals surface area contributed by atoms with E-state index in [4.69, 9.17) is 10.5 Å². The summed E-state index contributed by atoms with van der Waals surface area (Å²) < 4.78 is 18.4. The van der Waals surface area contributed by atoms with Crippen LogP contribution in [0.4, 0.5) is 10.2 Å². The van der Waals surface area contributed by atoms with Crippen LogP contribution in [0, 0.1) is 5.82 Å². The summed E-state index contributed by atoms with van der Waals surface area (Å²) in [6.45, 7) is 1.85. The molecule has 0 aliphatic rings. The summed E-state index contributed by atoms with van der Waals surface area (Å²) in [7, 11) is 0. The van der Waals surface area contributed by atoms with Gasteiger partial charge in [-0.3, -0.25) is 10.1 Å². The van der Waals surface area contributed by atoms with Crippen molar-refractivity contribution in [3.8, 4) is 11.4 Å². The van der Waals surface area contributed by atoms with E-state index in [2.05, 4.69) is 15.2 Å². The molecule has 0 aliphatic heterocycles. The number of ether oxygens (including phenoxy) is 1. The Morgan fingerprint density at radius 1 is 1.56 bits per heavy atom. The number of nitrogens with one attached hydrogen (secondary N) is 1. The lowest BCUT2D eigenvalue weighted by Crippen LogP contribution is -2.08. The van der Waals surface area contributed by atoms with Crippen molar-refractivity contribution in [2.75, 3.05) is 12.3 Å². The number of aromatic nitrogens is 3. The van der Waals surface area contributed by atoms with Crippen LogP contribution in [-0.2, 0) is 4.74 Å². The summed E-state index contributed by atoms with van der Waals surface area (Å²) in [5.74, 6) is -1.23. The quantitative estimate of drug-likeness (QED) is 0.802. The van der Waals surface area contributed by atoms with Crippen LogP contribution in [0.3, 0.4) is 0 Å². The molecule has 0 saturated carbocycles. The lowest BCUT2D eigenvalue weighted by molar-refractivity contribution is 0.0528. The summed E-state index contributed by atoms with van der Waals surface area (Å²) in [4.78, 5) is 15.6. The van der Waals surface area contributed by atoms with E-state index < -0.39 is 11.8 Å². The van der Waals surface area contributed by atoms with Gasteiger partial charge in [-0.1, -0.05) is 0 Å². The Bertz CT molecular complexity index is 582. The maximum Gasteiger partial charge on any atom is 0.344 e. The first kappa shape index (κ1) is 12.0. The average Bonchev–Trinajstić information content (AvgIpc) is 2.72. The molecule has 2 aromatic heterocycles. The molecular formula is C11H11FN4O2. The molecule has 2 rings (SSSR count). The normalized spacial score (nSPS) is 10.3. The van der Waals surface area contributed by atoms with E-state index in [0.29, 0.717) is 0 Å². The van der Waals surface area contributed by atoms with E-state index in [9.17, 15) is 9.18 Å². The zero-order valence-electron chi connectivity index (χ0n) is 9.61. The van der Waals surface area contributed by atoms with E-state index in [0.717, 1.165) is 0 Å². The van der Waals surface area contributed by atoms with Crippen LogP contribution in [-0.4, -0.2) is 27.8 Å². The second-order valence-corrected chi connectivity index (χ2v) is 3.42. The zero-order valence-corrected chi connectivity index (χ0v) is 9.61. The third-order valence-corrected chi connectivity index (χ3v) is 2.26. The van der Waals surface area contributed by atoms with Gasteiger partial charge in [0.1, 0.15) is 22.8 Å². The van der Waals surface area contributed by atoms with Gasteiger partial charge in [0.05, 0.1) is 6.61 Å². The second kappa shape index (κ2) is 4.82. The van der Waals surface area contributed by atoms with Gasteiger partial charge in [0.2, 0.25) is 0 Å². The fraction of sp³-hybridized carbons (Fsp3) is 0.182. The van der Waals surface area contributed by atoms with Crippen LogP contribution in [0.15, 0.2) is 18.3 Å². The van der Waals surface area contributed by atoms with Crippen molar-refractivity contribution in [3.63, 3.8) is 0 Å². The average molecular weight is 250 g/mol. The number of carbonyl (C=O) groups excluding carboxylic acids is 1. The molecule has 0 spiro atoms. The number of H-pyrrole nitrogens is 1. The molecule has 6 nitrogen and oxygen atoms in total. The molecule has 0 atom stereocenters. The smallest absolute Gasteiger partial charge is 0.344 e. The Morgan fingerprint density at radius 3 is 3.00 bits per heavy atom. The molecule has 0 aromatic carbocycles. The fourth-order valence-corrected chi connectivity index (χ4v) is 1.50. The van der Waals surface area contributed by atoms with Crippen molar-refractivity contribution < 1.29 is 13.9 Å². The van der Waals surface area contributed by atoms with E-state index >= 15 is 0 Å². The molecular weight excluding hydrogens is 239 g/mol. The largest absolute Gasteiger partial charge is 0.462 e. The number of esters is 1. The molecule has 0 unspecified atom stereocenters. The van der Waals surface area contributed by atoms with Crippen LogP contribution in [0.5, 0.6) is 0 Å². The molecule has 0 saturated heterocycles. The molecule has 94 valence electrons. The van der Waals surface area contributed by atoms with Crippen LogP contribution in [0.2, 0.25) is 0 Å². The maximum absolute atomic E-state index is 13.6. The van der Waals surface area contributed by atoms with Gasteiger partial charge in [0, 0.05) is 6.20 Å². The number of hydrogen-bond donors (Lipinski definition) is 2. The lowest BCUT2D eigenvalue weighted by atomic mass is 10.1. The number of nitrogens with two attached hydrogens (primary N) is 1. The molecule has 0 bridgehead atoms. The van der Waals surface area contributed by atoms with Gasteiger partial charge < -0.3 is 10.5 Å². The maximum atomic E-state index is 13.6. The minimum atomic E-state index is -0.663. The number of hydrogen-bond acceptors (Lipinski definition) is 5.